The maximum absolute atomic E-state index is 13.5. The third-order valence-corrected chi connectivity index (χ3v) is 10.3. The van der Waals surface area contributed by atoms with E-state index in [1.165, 1.54) is 24.3 Å². The molecule has 6 nitrogen and oxygen atoms in total. The lowest BCUT2D eigenvalue weighted by atomic mass is 9.64. The Kier molecular flexibility index (Phi) is 9.88. The average molecular weight is 769 g/mol. The maximum atomic E-state index is 13.5. The zero-order valence-electron chi connectivity index (χ0n) is 27.0. The smallest absolute Gasteiger partial charge is 0.375 e. The molecule has 0 aromatic heterocycles. The highest BCUT2D eigenvalue weighted by Crippen LogP contribution is 2.49. The molecule has 0 aliphatic rings. The molecule has 0 heterocycles. The van der Waals surface area contributed by atoms with Crippen molar-refractivity contribution in [3.8, 4) is 33.8 Å². The third-order valence-electron chi connectivity index (χ3n) is 8.37. The van der Waals surface area contributed by atoms with Crippen molar-refractivity contribution >= 4 is 20.2 Å². The van der Waals surface area contributed by atoms with Gasteiger partial charge in [-0.25, -0.2) is 0 Å². The van der Waals surface area contributed by atoms with Gasteiger partial charge in [0.2, 0.25) is 0 Å². The van der Waals surface area contributed by atoms with E-state index in [0.717, 1.165) is 12.1 Å². The SMILES string of the molecule is O=S(=O)(Oc1ccc(C(c2ccccc2)(c2ccccc2)c2ccc(OS(=O)(=O)C(F)(F)F)c(-c3ccccc3)c2)cc1-c1ccccc1)C(F)(F)F. The average Bonchev–Trinajstić information content (AvgIpc) is 3.13. The molecule has 0 aliphatic heterocycles. The van der Waals surface area contributed by atoms with Crippen LogP contribution >= 0.6 is 0 Å². The lowest BCUT2D eigenvalue weighted by molar-refractivity contribution is -0.0504. The van der Waals surface area contributed by atoms with E-state index in [1.54, 1.807) is 121 Å². The van der Waals surface area contributed by atoms with Crippen molar-refractivity contribution < 1.29 is 51.5 Å². The van der Waals surface area contributed by atoms with E-state index >= 15 is 0 Å². The van der Waals surface area contributed by atoms with E-state index in [4.69, 9.17) is 0 Å². The Morgan fingerprint density at radius 1 is 0.377 bits per heavy atom. The lowest BCUT2D eigenvalue weighted by Crippen LogP contribution is -2.32. The molecular formula is C39H26F6O6S2. The van der Waals surface area contributed by atoms with Crippen molar-refractivity contribution in [2.45, 2.75) is 16.4 Å². The lowest BCUT2D eigenvalue weighted by Gasteiger charge is -2.37. The Morgan fingerprint density at radius 3 is 0.981 bits per heavy atom. The fraction of sp³-hybridized carbons (Fsp3) is 0.0769. The van der Waals surface area contributed by atoms with Crippen LogP contribution in [0, 0.1) is 0 Å². The van der Waals surface area contributed by atoms with E-state index < -0.39 is 48.2 Å². The summed E-state index contributed by atoms with van der Waals surface area (Å²) in [7, 11) is -12.2. The van der Waals surface area contributed by atoms with Gasteiger partial charge in [0.1, 0.15) is 0 Å². The molecule has 0 radical (unpaired) electrons. The molecule has 0 fully saturated rings. The maximum Gasteiger partial charge on any atom is 0.534 e. The minimum absolute atomic E-state index is 0.0216. The van der Waals surface area contributed by atoms with Gasteiger partial charge in [-0.3, -0.25) is 0 Å². The molecule has 0 saturated heterocycles. The second-order valence-electron chi connectivity index (χ2n) is 11.6. The summed E-state index contributed by atoms with van der Waals surface area (Å²) in [5, 5.41) is 0. The number of alkyl halides is 6. The summed E-state index contributed by atoms with van der Waals surface area (Å²) in [5.41, 5.74) is -10.4. The van der Waals surface area contributed by atoms with Crippen LogP contribution in [-0.4, -0.2) is 27.9 Å². The Bertz CT molecular complexity index is 2270. The van der Waals surface area contributed by atoms with Crippen LogP contribution in [0.4, 0.5) is 26.3 Å². The molecule has 272 valence electrons. The highest BCUT2D eigenvalue weighted by Gasteiger charge is 2.50. The van der Waals surface area contributed by atoms with Crippen molar-refractivity contribution in [3.63, 3.8) is 0 Å². The zero-order chi connectivity index (χ0) is 38.1. The number of benzene rings is 6. The second-order valence-corrected chi connectivity index (χ2v) is 14.7. The van der Waals surface area contributed by atoms with E-state index in [-0.39, 0.29) is 11.1 Å². The van der Waals surface area contributed by atoms with E-state index in [1.807, 2.05) is 0 Å². The van der Waals surface area contributed by atoms with Gasteiger partial charge in [-0.05, 0) is 57.6 Å². The quantitative estimate of drug-likeness (QED) is 0.0597. The monoisotopic (exact) mass is 768 g/mol. The van der Waals surface area contributed by atoms with Crippen molar-refractivity contribution in [1.82, 2.24) is 0 Å². The summed E-state index contributed by atoms with van der Waals surface area (Å²) in [5.74, 6) is -1.23. The second kappa shape index (κ2) is 14.1. The van der Waals surface area contributed by atoms with Gasteiger partial charge in [0, 0.05) is 11.1 Å². The van der Waals surface area contributed by atoms with E-state index in [2.05, 4.69) is 8.37 Å². The van der Waals surface area contributed by atoms with Crippen LogP contribution in [0.1, 0.15) is 22.3 Å². The molecule has 0 bridgehead atoms. The zero-order valence-corrected chi connectivity index (χ0v) is 28.7. The van der Waals surface area contributed by atoms with Crippen LogP contribution in [0.2, 0.25) is 0 Å². The largest absolute Gasteiger partial charge is 0.534 e. The van der Waals surface area contributed by atoms with Gasteiger partial charge in [-0.1, -0.05) is 133 Å². The number of rotatable bonds is 10. The molecule has 0 atom stereocenters. The van der Waals surface area contributed by atoms with Gasteiger partial charge >= 0.3 is 31.3 Å². The highest BCUT2D eigenvalue weighted by atomic mass is 32.2. The van der Waals surface area contributed by atoms with Gasteiger partial charge in [0.15, 0.2) is 11.5 Å². The predicted octanol–water partition coefficient (Wildman–Crippen LogP) is 9.86. The van der Waals surface area contributed by atoms with Crippen LogP contribution in [0.5, 0.6) is 11.5 Å². The van der Waals surface area contributed by atoms with Gasteiger partial charge in [-0.2, -0.15) is 43.2 Å². The molecule has 6 aromatic carbocycles. The summed E-state index contributed by atoms with van der Waals surface area (Å²) < 4.78 is 140. The molecule has 0 N–H and O–H groups in total. The normalized spacial score (nSPS) is 12.6. The molecule has 53 heavy (non-hydrogen) atoms. The van der Waals surface area contributed by atoms with E-state index in [0.29, 0.717) is 33.4 Å². The molecule has 0 aliphatic carbocycles. The summed E-state index contributed by atoms with van der Waals surface area (Å²) in [6.07, 6.45) is 0. The number of hydrogen-bond donors (Lipinski definition) is 0. The predicted molar refractivity (Wildman–Crippen MR) is 187 cm³/mol. The summed E-state index contributed by atoms with van der Waals surface area (Å²) in [6.45, 7) is 0. The molecule has 6 aromatic rings. The first-order chi connectivity index (χ1) is 25.0. The molecule has 0 spiro atoms. The van der Waals surface area contributed by atoms with Gasteiger partial charge in [0.25, 0.3) is 0 Å². The number of hydrogen-bond acceptors (Lipinski definition) is 6. The first-order valence-electron chi connectivity index (χ1n) is 15.6. The minimum Gasteiger partial charge on any atom is -0.375 e. The van der Waals surface area contributed by atoms with Crippen LogP contribution in [0.3, 0.4) is 0 Å². The first kappa shape index (κ1) is 37.2. The van der Waals surface area contributed by atoms with Gasteiger partial charge < -0.3 is 8.37 Å². The topological polar surface area (TPSA) is 86.7 Å². The van der Waals surface area contributed by atoms with Crippen molar-refractivity contribution in [1.29, 1.82) is 0 Å². The Hall–Kier alpha value is -5.60. The third kappa shape index (κ3) is 7.24. The summed E-state index contributed by atoms with van der Waals surface area (Å²) in [4.78, 5) is 0. The van der Waals surface area contributed by atoms with Crippen molar-refractivity contribution in [2.75, 3.05) is 0 Å². The van der Waals surface area contributed by atoms with Crippen molar-refractivity contribution in [3.05, 3.63) is 180 Å². The number of halogens is 6. The van der Waals surface area contributed by atoms with Gasteiger partial charge in [-0.15, -0.1) is 0 Å². The fourth-order valence-corrected chi connectivity index (χ4v) is 7.02. The fourth-order valence-electron chi connectivity index (χ4n) is 6.07. The van der Waals surface area contributed by atoms with Crippen molar-refractivity contribution in [2.24, 2.45) is 0 Å². The van der Waals surface area contributed by atoms with Crippen LogP contribution in [0.15, 0.2) is 158 Å². The minimum atomic E-state index is -6.10. The van der Waals surface area contributed by atoms with Gasteiger partial charge in [0.05, 0.1) is 5.41 Å². The molecule has 6 rings (SSSR count). The summed E-state index contributed by atoms with van der Waals surface area (Å²) >= 11 is 0. The molecule has 0 saturated carbocycles. The van der Waals surface area contributed by atoms with Crippen LogP contribution < -0.4 is 8.37 Å². The van der Waals surface area contributed by atoms with Crippen LogP contribution in [-0.2, 0) is 25.7 Å². The molecule has 0 amide bonds. The summed E-state index contributed by atoms with van der Waals surface area (Å²) in [6, 6.07) is 41.5. The van der Waals surface area contributed by atoms with E-state index in [9.17, 15) is 43.2 Å². The highest BCUT2D eigenvalue weighted by molar-refractivity contribution is 7.88. The Labute approximate surface area is 301 Å². The molecule has 0 unspecified atom stereocenters. The Balaban J connectivity index is 1.71. The standard InChI is InChI=1S/C39H26F6O6S2/c40-38(41,42)52(46,47)50-35-23-21-31(25-33(35)27-13-5-1-6-14-27)37(29-17-9-3-10-18-29,30-19-11-4-12-20-30)32-22-24-36(51-53(48,49)39(43,44)45)34(26-32)28-15-7-2-8-16-28/h1-26H. The van der Waals surface area contributed by atoms with Crippen LogP contribution in [0.25, 0.3) is 22.3 Å². The first-order valence-corrected chi connectivity index (χ1v) is 18.4. The Morgan fingerprint density at radius 2 is 0.679 bits per heavy atom. The molecular weight excluding hydrogens is 743 g/mol. The molecule has 14 heteroatoms.